The minimum atomic E-state index is -2.36. The molecule has 0 aromatic heterocycles. The summed E-state index contributed by atoms with van der Waals surface area (Å²) in [5, 5.41) is 9.55. The van der Waals surface area contributed by atoms with Crippen LogP contribution in [0.5, 0.6) is 5.75 Å². The minimum absolute atomic E-state index is 0.145. The molecule has 1 unspecified atom stereocenters. The van der Waals surface area contributed by atoms with Crippen molar-refractivity contribution in [2.75, 3.05) is 13.6 Å². The normalized spacial score (nSPS) is 13.5. The van der Waals surface area contributed by atoms with Gasteiger partial charge in [0, 0.05) is 11.6 Å². The average Bonchev–Trinajstić information content (AvgIpc) is 2.16. The highest BCUT2D eigenvalue weighted by molar-refractivity contribution is 5.34. The Morgan fingerprint density at radius 1 is 1.33 bits per heavy atom. The lowest BCUT2D eigenvalue weighted by molar-refractivity contribution is 0.0837. The molecule has 15 heavy (non-hydrogen) atoms. The molecule has 0 aliphatic heterocycles. The molecule has 1 rings (SSSR count). The number of hydrogen-bond acceptors (Lipinski definition) is 2. The zero-order chi connectivity index (χ0) is 11.4. The van der Waals surface area contributed by atoms with E-state index in [2.05, 4.69) is 0 Å². The van der Waals surface area contributed by atoms with Crippen LogP contribution in [0, 0.1) is 0 Å². The van der Waals surface area contributed by atoms with Gasteiger partial charge in [0.1, 0.15) is 5.75 Å². The first-order valence-corrected chi connectivity index (χ1v) is 4.78. The van der Waals surface area contributed by atoms with Gasteiger partial charge in [-0.15, -0.1) is 0 Å². The maximum atomic E-state index is 12.2. The van der Waals surface area contributed by atoms with Crippen molar-refractivity contribution in [3.05, 3.63) is 29.8 Å². The number of rotatable bonds is 4. The van der Waals surface area contributed by atoms with Crippen LogP contribution in [0.3, 0.4) is 0 Å². The Hall–Kier alpha value is -1.16. The van der Waals surface area contributed by atoms with Gasteiger partial charge in [-0.3, -0.25) is 4.90 Å². The predicted octanol–water partition coefficient (Wildman–Crippen LogP) is 2.65. The van der Waals surface area contributed by atoms with Gasteiger partial charge in [-0.1, -0.05) is 18.2 Å². The summed E-state index contributed by atoms with van der Waals surface area (Å²) < 4.78 is 24.3. The van der Waals surface area contributed by atoms with Crippen LogP contribution < -0.4 is 0 Å². The molecule has 0 saturated heterocycles. The molecule has 1 N–H and O–H groups in total. The fourth-order valence-corrected chi connectivity index (χ4v) is 1.45. The molecule has 0 aliphatic carbocycles. The number of phenols is 1. The Labute approximate surface area is 88.1 Å². The van der Waals surface area contributed by atoms with Crippen LogP contribution in [0.4, 0.5) is 8.78 Å². The van der Waals surface area contributed by atoms with Gasteiger partial charge in [0.25, 0.3) is 6.43 Å². The van der Waals surface area contributed by atoms with Gasteiger partial charge >= 0.3 is 0 Å². The molecular formula is C11H15F2NO. The molecule has 0 bridgehead atoms. The van der Waals surface area contributed by atoms with Crippen LogP contribution in [-0.4, -0.2) is 30.0 Å². The summed E-state index contributed by atoms with van der Waals surface area (Å²) in [5.74, 6) is 0.145. The summed E-state index contributed by atoms with van der Waals surface area (Å²) in [6.45, 7) is 1.49. The van der Waals surface area contributed by atoms with Crippen molar-refractivity contribution >= 4 is 0 Å². The summed E-state index contributed by atoms with van der Waals surface area (Å²) in [6.07, 6.45) is -2.36. The highest BCUT2D eigenvalue weighted by atomic mass is 19.3. The number of para-hydroxylation sites is 1. The number of phenolic OH excluding ortho intramolecular Hbond substituents is 1. The van der Waals surface area contributed by atoms with E-state index in [1.54, 1.807) is 38.2 Å². The molecular weight excluding hydrogens is 200 g/mol. The third-order valence-corrected chi connectivity index (χ3v) is 2.47. The largest absolute Gasteiger partial charge is 0.508 e. The van der Waals surface area contributed by atoms with E-state index >= 15 is 0 Å². The zero-order valence-corrected chi connectivity index (χ0v) is 8.82. The molecule has 1 aromatic carbocycles. The van der Waals surface area contributed by atoms with Gasteiger partial charge in [0.15, 0.2) is 0 Å². The first-order chi connectivity index (χ1) is 7.02. The molecule has 2 nitrogen and oxygen atoms in total. The molecule has 0 radical (unpaired) electrons. The highest BCUT2D eigenvalue weighted by Crippen LogP contribution is 2.27. The van der Waals surface area contributed by atoms with E-state index in [0.717, 1.165) is 0 Å². The fraction of sp³-hybridized carbons (Fsp3) is 0.455. The number of halogens is 2. The van der Waals surface area contributed by atoms with E-state index in [4.69, 9.17) is 0 Å². The van der Waals surface area contributed by atoms with E-state index in [1.165, 1.54) is 4.90 Å². The maximum absolute atomic E-state index is 12.2. The lowest BCUT2D eigenvalue weighted by atomic mass is 10.1. The molecule has 0 fully saturated rings. The molecule has 0 spiro atoms. The monoisotopic (exact) mass is 215 g/mol. The fourth-order valence-electron chi connectivity index (χ4n) is 1.45. The van der Waals surface area contributed by atoms with Crippen molar-refractivity contribution in [3.8, 4) is 5.75 Å². The third kappa shape index (κ3) is 3.16. The van der Waals surface area contributed by atoms with Crippen LogP contribution in [0.25, 0.3) is 0 Å². The SMILES string of the molecule is CC(c1ccccc1O)N(C)CC(F)F. The number of alkyl halides is 2. The average molecular weight is 215 g/mol. The van der Waals surface area contributed by atoms with Crippen LogP contribution >= 0.6 is 0 Å². The van der Waals surface area contributed by atoms with E-state index in [9.17, 15) is 13.9 Å². The Balaban J connectivity index is 2.76. The number of nitrogens with zero attached hydrogens (tertiary/aromatic N) is 1. The molecule has 0 aliphatic rings. The Morgan fingerprint density at radius 3 is 2.47 bits per heavy atom. The van der Waals surface area contributed by atoms with Gasteiger partial charge in [-0.2, -0.15) is 0 Å². The number of hydrogen-bond donors (Lipinski definition) is 1. The maximum Gasteiger partial charge on any atom is 0.251 e. The van der Waals surface area contributed by atoms with Gasteiger partial charge in [0.05, 0.1) is 6.54 Å². The van der Waals surface area contributed by atoms with Crippen molar-refractivity contribution in [3.63, 3.8) is 0 Å². The number of aromatic hydroxyl groups is 1. The highest BCUT2D eigenvalue weighted by Gasteiger charge is 2.17. The molecule has 4 heteroatoms. The molecule has 84 valence electrons. The van der Waals surface area contributed by atoms with Crippen LogP contribution in [0.15, 0.2) is 24.3 Å². The molecule has 1 aromatic rings. The van der Waals surface area contributed by atoms with Crippen molar-refractivity contribution in [2.24, 2.45) is 0 Å². The first-order valence-electron chi connectivity index (χ1n) is 4.78. The summed E-state index contributed by atoms with van der Waals surface area (Å²) in [5.41, 5.74) is 0.667. The quantitative estimate of drug-likeness (QED) is 0.834. The lowest BCUT2D eigenvalue weighted by Gasteiger charge is -2.25. The zero-order valence-electron chi connectivity index (χ0n) is 8.82. The van der Waals surface area contributed by atoms with Crippen LogP contribution in [0.2, 0.25) is 0 Å². The smallest absolute Gasteiger partial charge is 0.251 e. The summed E-state index contributed by atoms with van der Waals surface area (Å²) >= 11 is 0. The van der Waals surface area contributed by atoms with Crippen LogP contribution in [0.1, 0.15) is 18.5 Å². The van der Waals surface area contributed by atoms with Gasteiger partial charge in [-0.25, -0.2) is 8.78 Å². The molecule has 0 saturated carbocycles. The van der Waals surface area contributed by atoms with E-state index in [-0.39, 0.29) is 18.3 Å². The third-order valence-electron chi connectivity index (χ3n) is 2.47. The summed E-state index contributed by atoms with van der Waals surface area (Å²) in [4.78, 5) is 1.51. The predicted molar refractivity (Wildman–Crippen MR) is 55.2 cm³/mol. The van der Waals surface area contributed by atoms with Crippen LogP contribution in [-0.2, 0) is 0 Å². The Kier molecular flexibility index (Phi) is 4.03. The lowest BCUT2D eigenvalue weighted by Crippen LogP contribution is -2.27. The van der Waals surface area contributed by atoms with E-state index in [1.807, 2.05) is 0 Å². The van der Waals surface area contributed by atoms with Gasteiger partial charge in [0.2, 0.25) is 0 Å². The molecule has 0 amide bonds. The second-order valence-corrected chi connectivity index (χ2v) is 3.57. The van der Waals surface area contributed by atoms with Crippen molar-refractivity contribution < 1.29 is 13.9 Å². The Morgan fingerprint density at radius 2 is 1.93 bits per heavy atom. The summed E-state index contributed by atoms with van der Waals surface area (Å²) in [7, 11) is 1.61. The standard InChI is InChI=1S/C11H15F2NO/c1-8(14(2)7-11(12)13)9-5-3-4-6-10(9)15/h3-6,8,11,15H,7H2,1-2H3. The van der Waals surface area contributed by atoms with E-state index in [0.29, 0.717) is 5.56 Å². The van der Waals surface area contributed by atoms with Gasteiger partial charge in [-0.05, 0) is 20.0 Å². The van der Waals surface area contributed by atoms with Crippen molar-refractivity contribution in [1.29, 1.82) is 0 Å². The van der Waals surface area contributed by atoms with Crippen molar-refractivity contribution in [2.45, 2.75) is 19.4 Å². The van der Waals surface area contributed by atoms with Crippen molar-refractivity contribution in [1.82, 2.24) is 4.90 Å². The minimum Gasteiger partial charge on any atom is -0.508 e. The number of benzene rings is 1. The second-order valence-electron chi connectivity index (χ2n) is 3.57. The molecule has 1 atom stereocenters. The first kappa shape index (κ1) is 11.9. The topological polar surface area (TPSA) is 23.5 Å². The van der Waals surface area contributed by atoms with Gasteiger partial charge < -0.3 is 5.11 Å². The Bertz CT molecular complexity index is 317. The van der Waals surface area contributed by atoms with E-state index < -0.39 is 6.43 Å². The second kappa shape index (κ2) is 5.07. The molecule has 0 heterocycles. The summed E-state index contributed by atoms with van der Waals surface area (Å²) in [6, 6.07) is 6.56.